The molecule has 1 aromatic rings. The Hall–Kier alpha value is -1.08. The normalized spacial score (nSPS) is 24.0. The van der Waals surface area contributed by atoms with Crippen molar-refractivity contribution in [3.8, 4) is 0 Å². The Morgan fingerprint density at radius 3 is 2.81 bits per heavy atom. The average Bonchev–Trinajstić information content (AvgIpc) is 3.09. The third-order valence-corrected chi connectivity index (χ3v) is 4.89. The van der Waals surface area contributed by atoms with Gasteiger partial charge >= 0.3 is 6.18 Å². The molecule has 0 aliphatic carbocycles. The second kappa shape index (κ2) is 6.36. The Bertz CT molecular complexity index is 467. The summed E-state index contributed by atoms with van der Waals surface area (Å²) in [6, 6.07) is 3.34. The number of thiophene rings is 1. The molecule has 7 heteroatoms. The number of amides is 1. The van der Waals surface area contributed by atoms with Gasteiger partial charge in [0.2, 0.25) is 5.91 Å². The van der Waals surface area contributed by atoms with Crippen LogP contribution >= 0.6 is 11.3 Å². The van der Waals surface area contributed by atoms with E-state index in [1.54, 1.807) is 0 Å². The number of hydrogen-bond donors (Lipinski definition) is 2. The minimum atomic E-state index is -4.53. The minimum absolute atomic E-state index is 0.203. The van der Waals surface area contributed by atoms with E-state index >= 15 is 0 Å². The highest BCUT2D eigenvalue weighted by Gasteiger charge is 2.61. The van der Waals surface area contributed by atoms with Crippen LogP contribution in [0.15, 0.2) is 17.5 Å². The topological polar surface area (TPSA) is 41.1 Å². The molecule has 3 nitrogen and oxygen atoms in total. The third-order valence-electron chi connectivity index (χ3n) is 3.90. The quantitative estimate of drug-likeness (QED) is 0.874. The van der Waals surface area contributed by atoms with E-state index in [0.717, 1.165) is 11.3 Å². The van der Waals surface area contributed by atoms with Gasteiger partial charge in [0.05, 0.1) is 6.04 Å². The third kappa shape index (κ3) is 3.23. The lowest BCUT2D eigenvalue weighted by molar-refractivity contribution is -0.216. The molecule has 1 aromatic heterocycles. The Kier molecular flexibility index (Phi) is 4.93. The Balaban J connectivity index is 2.18. The number of rotatable bonds is 5. The zero-order valence-electron chi connectivity index (χ0n) is 11.8. The van der Waals surface area contributed by atoms with Crippen LogP contribution < -0.4 is 10.6 Å². The first kappa shape index (κ1) is 16.3. The minimum Gasteiger partial charge on any atom is -0.348 e. The fourth-order valence-corrected chi connectivity index (χ4v) is 3.43. The standard InChI is InChI=1S/C14H19F3N2OS/c1-2-4-10(11-5-3-8-21-11)19-12(20)13(14(15,16)17)6-7-18-9-13/h3,5,8,10,18H,2,4,6-7,9H2,1H3,(H,19,20). The van der Waals surface area contributed by atoms with Crippen molar-refractivity contribution >= 4 is 17.2 Å². The van der Waals surface area contributed by atoms with Gasteiger partial charge in [0, 0.05) is 11.4 Å². The van der Waals surface area contributed by atoms with Crippen LogP contribution in [0, 0.1) is 5.41 Å². The first-order chi connectivity index (χ1) is 9.90. The van der Waals surface area contributed by atoms with Gasteiger partial charge in [-0.3, -0.25) is 4.79 Å². The molecule has 1 fully saturated rings. The summed E-state index contributed by atoms with van der Waals surface area (Å²) in [6.07, 6.45) is -3.31. The number of nitrogens with one attached hydrogen (secondary N) is 2. The van der Waals surface area contributed by atoms with Gasteiger partial charge < -0.3 is 10.6 Å². The van der Waals surface area contributed by atoms with Crippen molar-refractivity contribution in [3.63, 3.8) is 0 Å². The van der Waals surface area contributed by atoms with Crippen LogP contribution in [0.3, 0.4) is 0 Å². The van der Waals surface area contributed by atoms with E-state index in [9.17, 15) is 18.0 Å². The maximum atomic E-state index is 13.3. The first-order valence-corrected chi connectivity index (χ1v) is 7.90. The highest BCUT2D eigenvalue weighted by Crippen LogP contribution is 2.43. The summed E-state index contributed by atoms with van der Waals surface area (Å²) in [5.74, 6) is -0.910. The van der Waals surface area contributed by atoms with Gasteiger partial charge in [0.15, 0.2) is 5.41 Å². The molecular formula is C14H19F3N2OS. The van der Waals surface area contributed by atoms with Gasteiger partial charge in [0.25, 0.3) is 0 Å². The van der Waals surface area contributed by atoms with Gasteiger partial charge in [-0.1, -0.05) is 19.4 Å². The molecule has 0 saturated carbocycles. The van der Waals surface area contributed by atoms with Gasteiger partial charge in [0.1, 0.15) is 0 Å². The van der Waals surface area contributed by atoms with E-state index in [-0.39, 0.29) is 25.6 Å². The zero-order chi connectivity index (χ0) is 15.5. The molecule has 1 amide bonds. The van der Waals surface area contributed by atoms with Crippen molar-refractivity contribution in [1.29, 1.82) is 0 Å². The van der Waals surface area contributed by atoms with Gasteiger partial charge in [-0.05, 0) is 30.8 Å². The molecule has 1 saturated heterocycles. The summed E-state index contributed by atoms with van der Waals surface area (Å²) in [7, 11) is 0. The molecule has 2 atom stereocenters. The van der Waals surface area contributed by atoms with E-state index in [1.165, 1.54) is 11.3 Å². The predicted molar refractivity (Wildman–Crippen MR) is 76.1 cm³/mol. The molecule has 0 bridgehead atoms. The Labute approximate surface area is 125 Å². The molecule has 0 radical (unpaired) electrons. The summed E-state index contributed by atoms with van der Waals surface area (Å²) in [6.45, 7) is 1.82. The lowest BCUT2D eigenvalue weighted by Crippen LogP contribution is -2.52. The van der Waals surface area contributed by atoms with Crippen LogP contribution in [0.25, 0.3) is 0 Å². The summed E-state index contributed by atoms with van der Waals surface area (Å²) in [4.78, 5) is 13.2. The van der Waals surface area contributed by atoms with Crippen molar-refractivity contribution in [2.45, 2.75) is 38.4 Å². The van der Waals surface area contributed by atoms with Crippen molar-refractivity contribution in [1.82, 2.24) is 10.6 Å². The van der Waals surface area contributed by atoms with Crippen LogP contribution in [0.4, 0.5) is 13.2 Å². The average molecular weight is 320 g/mol. The van der Waals surface area contributed by atoms with E-state index in [2.05, 4.69) is 10.6 Å². The van der Waals surface area contributed by atoms with E-state index in [0.29, 0.717) is 6.42 Å². The Morgan fingerprint density at radius 1 is 1.57 bits per heavy atom. The van der Waals surface area contributed by atoms with Gasteiger partial charge in [-0.15, -0.1) is 11.3 Å². The molecule has 1 aliphatic rings. The first-order valence-electron chi connectivity index (χ1n) is 7.02. The molecular weight excluding hydrogens is 301 g/mol. The number of hydrogen-bond acceptors (Lipinski definition) is 3. The lowest BCUT2D eigenvalue weighted by atomic mass is 9.84. The van der Waals surface area contributed by atoms with Crippen molar-refractivity contribution in [3.05, 3.63) is 22.4 Å². The molecule has 21 heavy (non-hydrogen) atoms. The van der Waals surface area contributed by atoms with E-state index < -0.39 is 17.5 Å². The van der Waals surface area contributed by atoms with Crippen LogP contribution in [-0.4, -0.2) is 25.2 Å². The maximum absolute atomic E-state index is 13.3. The number of carbonyl (C=O) groups excluding carboxylic acids is 1. The molecule has 0 aromatic carbocycles. The molecule has 2 rings (SSSR count). The summed E-state index contributed by atoms with van der Waals surface area (Å²) in [5.41, 5.74) is -2.30. The van der Waals surface area contributed by atoms with Crippen molar-refractivity contribution in [2.75, 3.05) is 13.1 Å². The number of carbonyl (C=O) groups is 1. The summed E-state index contributed by atoms with van der Waals surface area (Å²) in [5, 5.41) is 7.15. The fourth-order valence-electron chi connectivity index (χ4n) is 2.62. The fraction of sp³-hybridized carbons (Fsp3) is 0.643. The van der Waals surface area contributed by atoms with Crippen LogP contribution in [0.5, 0.6) is 0 Å². The summed E-state index contributed by atoms with van der Waals surface area (Å²) < 4.78 is 40.0. The predicted octanol–water partition coefficient (Wildman–Crippen LogP) is 3.25. The molecule has 1 aliphatic heterocycles. The number of alkyl halides is 3. The highest BCUT2D eigenvalue weighted by molar-refractivity contribution is 7.10. The van der Waals surface area contributed by atoms with Crippen LogP contribution in [-0.2, 0) is 4.79 Å². The van der Waals surface area contributed by atoms with Crippen molar-refractivity contribution in [2.24, 2.45) is 5.41 Å². The van der Waals surface area contributed by atoms with Crippen LogP contribution in [0.1, 0.15) is 37.1 Å². The largest absolute Gasteiger partial charge is 0.404 e. The van der Waals surface area contributed by atoms with Crippen molar-refractivity contribution < 1.29 is 18.0 Å². The van der Waals surface area contributed by atoms with Gasteiger partial charge in [-0.25, -0.2) is 0 Å². The van der Waals surface area contributed by atoms with Crippen LogP contribution in [0.2, 0.25) is 0 Å². The SMILES string of the molecule is CCCC(NC(=O)C1(C(F)(F)F)CCNC1)c1cccs1. The van der Waals surface area contributed by atoms with Gasteiger partial charge in [-0.2, -0.15) is 13.2 Å². The Morgan fingerprint density at radius 2 is 2.33 bits per heavy atom. The highest BCUT2D eigenvalue weighted by atomic mass is 32.1. The second-order valence-electron chi connectivity index (χ2n) is 5.34. The van der Waals surface area contributed by atoms with E-state index in [1.807, 2.05) is 24.4 Å². The molecule has 118 valence electrons. The van der Waals surface area contributed by atoms with E-state index in [4.69, 9.17) is 0 Å². The monoisotopic (exact) mass is 320 g/mol. The molecule has 0 spiro atoms. The lowest BCUT2D eigenvalue weighted by Gasteiger charge is -2.31. The zero-order valence-corrected chi connectivity index (χ0v) is 12.6. The maximum Gasteiger partial charge on any atom is 0.404 e. The molecule has 2 heterocycles. The second-order valence-corrected chi connectivity index (χ2v) is 6.32. The smallest absolute Gasteiger partial charge is 0.348 e. The molecule has 2 N–H and O–H groups in total. The summed E-state index contributed by atoms with van der Waals surface area (Å²) >= 11 is 1.45. The number of halogens is 3. The molecule has 2 unspecified atom stereocenters.